The van der Waals surface area contributed by atoms with E-state index in [-0.39, 0.29) is 5.75 Å². The van der Waals surface area contributed by atoms with Crippen LogP contribution in [0.25, 0.3) is 0 Å². The van der Waals surface area contributed by atoms with E-state index in [0.717, 1.165) is 17.8 Å². The predicted molar refractivity (Wildman–Crippen MR) is 87.9 cm³/mol. The zero-order chi connectivity index (χ0) is 15.2. The van der Waals surface area contributed by atoms with E-state index in [1.165, 1.54) is 0 Å². The third kappa shape index (κ3) is 3.54. The Morgan fingerprint density at radius 2 is 2.29 bits per heavy atom. The average Bonchev–Trinajstić information content (AvgIpc) is 2.66. The predicted octanol–water partition coefficient (Wildman–Crippen LogP) is 3.53. The highest BCUT2D eigenvalue weighted by molar-refractivity contribution is 6.29. The van der Waals surface area contributed by atoms with Crippen LogP contribution in [-0.4, -0.2) is 29.3 Å². The molecule has 0 saturated carbocycles. The molecule has 108 valence electrons. The van der Waals surface area contributed by atoms with Gasteiger partial charge in [0.05, 0.1) is 18.0 Å². The second-order valence-electron chi connectivity index (χ2n) is 4.73. The fourth-order valence-electron chi connectivity index (χ4n) is 2.11. The van der Waals surface area contributed by atoms with Gasteiger partial charge in [0.25, 0.3) is 0 Å². The van der Waals surface area contributed by atoms with E-state index in [4.69, 9.17) is 5.41 Å². The van der Waals surface area contributed by atoms with Crippen LogP contribution in [0.3, 0.4) is 0 Å². The lowest BCUT2D eigenvalue weighted by Gasteiger charge is -2.11. The molecule has 0 atom stereocenters. The van der Waals surface area contributed by atoms with Gasteiger partial charge in [-0.05, 0) is 31.6 Å². The topological polar surface area (TPSA) is 68.8 Å². The van der Waals surface area contributed by atoms with Gasteiger partial charge in [0.2, 0.25) is 0 Å². The van der Waals surface area contributed by atoms with Crippen molar-refractivity contribution in [2.45, 2.75) is 20.3 Å². The van der Waals surface area contributed by atoms with E-state index in [1.807, 2.05) is 32.2 Å². The van der Waals surface area contributed by atoms with Crippen LogP contribution < -0.4 is 0 Å². The molecule has 0 unspecified atom stereocenters. The van der Waals surface area contributed by atoms with Crippen LogP contribution >= 0.6 is 0 Å². The van der Waals surface area contributed by atoms with E-state index in [1.54, 1.807) is 24.3 Å². The maximum absolute atomic E-state index is 9.60. The fraction of sp³-hybridized carbons (Fsp3) is 0.235. The van der Waals surface area contributed by atoms with Crippen molar-refractivity contribution in [3.8, 4) is 5.75 Å². The second-order valence-corrected chi connectivity index (χ2v) is 4.73. The van der Waals surface area contributed by atoms with Gasteiger partial charge in [0, 0.05) is 23.1 Å². The molecule has 1 aliphatic rings. The highest BCUT2D eigenvalue weighted by Crippen LogP contribution is 2.21. The van der Waals surface area contributed by atoms with Crippen molar-refractivity contribution >= 4 is 17.6 Å². The number of nitrogens with one attached hydrogen (secondary N) is 1. The first-order chi connectivity index (χ1) is 10.1. The smallest absolute Gasteiger partial charge is 0.116 e. The molecule has 0 aliphatic carbocycles. The molecule has 2 rings (SSSR count). The molecule has 2 N–H and O–H groups in total. The molecule has 1 heterocycles. The summed E-state index contributed by atoms with van der Waals surface area (Å²) in [5.41, 5.74) is 3.21. The van der Waals surface area contributed by atoms with Gasteiger partial charge >= 0.3 is 0 Å². The zero-order valence-electron chi connectivity index (χ0n) is 12.3. The number of benzene rings is 1. The highest BCUT2D eigenvalue weighted by atomic mass is 16.3. The minimum Gasteiger partial charge on any atom is -0.508 e. The number of rotatable bonds is 4. The van der Waals surface area contributed by atoms with Crippen LogP contribution in [0.2, 0.25) is 0 Å². The Balaban J connectivity index is 2.53. The Morgan fingerprint density at radius 1 is 1.48 bits per heavy atom. The van der Waals surface area contributed by atoms with Gasteiger partial charge in [-0.2, -0.15) is 0 Å². The maximum Gasteiger partial charge on any atom is 0.116 e. The Morgan fingerprint density at radius 3 is 3.00 bits per heavy atom. The molecule has 0 spiro atoms. The molecular weight excluding hydrogens is 262 g/mol. The molecule has 0 saturated heterocycles. The fourth-order valence-corrected chi connectivity index (χ4v) is 2.11. The molecule has 0 bridgehead atoms. The molecule has 0 aromatic heterocycles. The van der Waals surface area contributed by atoms with Crippen LogP contribution in [0, 0.1) is 5.41 Å². The third-order valence-corrected chi connectivity index (χ3v) is 3.13. The maximum atomic E-state index is 9.60. The molecule has 4 nitrogen and oxygen atoms in total. The molecule has 4 heteroatoms. The van der Waals surface area contributed by atoms with Crippen LogP contribution in [0.5, 0.6) is 5.75 Å². The van der Waals surface area contributed by atoms with Crippen molar-refractivity contribution in [2.75, 3.05) is 6.54 Å². The summed E-state index contributed by atoms with van der Waals surface area (Å²) < 4.78 is 0. The number of nitrogens with zero attached hydrogens (tertiary/aromatic N) is 2. The van der Waals surface area contributed by atoms with Crippen LogP contribution in [-0.2, 0) is 0 Å². The zero-order valence-corrected chi connectivity index (χ0v) is 12.3. The number of aromatic hydroxyl groups is 1. The highest BCUT2D eigenvalue weighted by Gasteiger charge is 2.17. The summed E-state index contributed by atoms with van der Waals surface area (Å²) in [6, 6.07) is 6.71. The lowest BCUT2D eigenvalue weighted by molar-refractivity contribution is 0.475. The number of hydrogen-bond acceptors (Lipinski definition) is 4. The minimum atomic E-state index is 0.148. The summed E-state index contributed by atoms with van der Waals surface area (Å²) in [4.78, 5) is 8.87. The van der Waals surface area contributed by atoms with Crippen molar-refractivity contribution in [3.63, 3.8) is 0 Å². The van der Waals surface area contributed by atoms with Gasteiger partial charge in [-0.3, -0.25) is 15.4 Å². The summed E-state index contributed by atoms with van der Waals surface area (Å²) in [7, 11) is 0. The second kappa shape index (κ2) is 6.79. The van der Waals surface area contributed by atoms with E-state index in [9.17, 15) is 5.11 Å². The summed E-state index contributed by atoms with van der Waals surface area (Å²) in [6.07, 6.45) is 6.50. The van der Waals surface area contributed by atoms with Gasteiger partial charge < -0.3 is 5.11 Å². The van der Waals surface area contributed by atoms with E-state index in [0.29, 0.717) is 23.4 Å². The summed E-state index contributed by atoms with van der Waals surface area (Å²) >= 11 is 0. The largest absolute Gasteiger partial charge is 0.508 e. The summed E-state index contributed by atoms with van der Waals surface area (Å²) in [5.74, 6) is 0.148. The molecule has 1 aromatic rings. The molecule has 1 aromatic carbocycles. The quantitative estimate of drug-likeness (QED) is 0.814. The van der Waals surface area contributed by atoms with Crippen molar-refractivity contribution in [3.05, 3.63) is 53.3 Å². The van der Waals surface area contributed by atoms with Crippen molar-refractivity contribution < 1.29 is 5.11 Å². The first-order valence-electron chi connectivity index (χ1n) is 6.96. The first-order valence-corrected chi connectivity index (χ1v) is 6.96. The number of hydrogen-bond donors (Lipinski definition) is 2. The van der Waals surface area contributed by atoms with Gasteiger partial charge in [-0.15, -0.1) is 0 Å². The average molecular weight is 281 g/mol. The Kier molecular flexibility index (Phi) is 4.82. The van der Waals surface area contributed by atoms with Crippen LogP contribution in [0.1, 0.15) is 25.8 Å². The summed E-state index contributed by atoms with van der Waals surface area (Å²) in [5, 5.41) is 18.1. The minimum absolute atomic E-state index is 0.148. The first kappa shape index (κ1) is 14.9. The van der Waals surface area contributed by atoms with E-state index < -0.39 is 0 Å². The molecule has 0 amide bonds. The Labute approximate surface area is 124 Å². The van der Waals surface area contributed by atoms with Crippen LogP contribution in [0.15, 0.2) is 57.7 Å². The number of phenolic OH excluding ortho intramolecular Hbond substituents is 1. The number of phenols is 1. The molecule has 0 fully saturated rings. The SMILES string of the molecule is CCC=NC1=C(C(=N)c2cccc(O)c2)C(C)=NCC=C1. The lowest BCUT2D eigenvalue weighted by atomic mass is 9.97. The molecule has 0 radical (unpaired) electrons. The monoisotopic (exact) mass is 281 g/mol. The number of aliphatic imine (C=N–C) groups is 2. The Bertz CT molecular complexity index is 666. The van der Waals surface area contributed by atoms with Gasteiger partial charge in [0.1, 0.15) is 5.75 Å². The lowest BCUT2D eigenvalue weighted by Crippen LogP contribution is -2.13. The van der Waals surface area contributed by atoms with E-state index >= 15 is 0 Å². The van der Waals surface area contributed by atoms with Crippen molar-refractivity contribution in [2.24, 2.45) is 9.98 Å². The normalized spacial score (nSPS) is 15.2. The third-order valence-electron chi connectivity index (χ3n) is 3.13. The standard InChI is InChI=1S/C17H19N3O/c1-3-9-20-15-8-5-10-19-12(2)16(15)17(18)13-6-4-7-14(21)11-13/h4-9,11,18,21H,3,10H2,1-2H3. The van der Waals surface area contributed by atoms with Gasteiger partial charge in [-0.1, -0.05) is 25.1 Å². The van der Waals surface area contributed by atoms with Crippen molar-refractivity contribution in [1.82, 2.24) is 0 Å². The number of allylic oxidation sites excluding steroid dienone is 2. The Hall–Kier alpha value is -2.49. The van der Waals surface area contributed by atoms with Crippen LogP contribution in [0.4, 0.5) is 0 Å². The molecule has 21 heavy (non-hydrogen) atoms. The van der Waals surface area contributed by atoms with Gasteiger partial charge in [0.15, 0.2) is 0 Å². The molecular formula is C17H19N3O. The van der Waals surface area contributed by atoms with Gasteiger partial charge in [-0.25, -0.2) is 0 Å². The van der Waals surface area contributed by atoms with E-state index in [2.05, 4.69) is 9.98 Å². The van der Waals surface area contributed by atoms with Crippen molar-refractivity contribution in [1.29, 1.82) is 5.41 Å². The molecule has 1 aliphatic heterocycles. The summed E-state index contributed by atoms with van der Waals surface area (Å²) in [6.45, 7) is 4.50.